The van der Waals surface area contributed by atoms with E-state index >= 15 is 0 Å². The SMILES string of the molecule is CCc1cccc(NC2CCN(S(=O)(=O)c3ccc(CNC(=O)c4cccc(OC)c4)s3)CC2)c1. The van der Waals surface area contributed by atoms with E-state index in [0.717, 1.165) is 29.8 Å². The minimum Gasteiger partial charge on any atom is -0.497 e. The predicted molar refractivity (Wildman–Crippen MR) is 140 cm³/mol. The van der Waals surface area contributed by atoms with Gasteiger partial charge in [-0.25, -0.2) is 8.42 Å². The molecule has 9 heteroatoms. The third-order valence-electron chi connectivity index (χ3n) is 6.15. The molecule has 1 aliphatic rings. The van der Waals surface area contributed by atoms with Gasteiger partial charge in [0, 0.05) is 35.3 Å². The van der Waals surface area contributed by atoms with Crippen molar-refractivity contribution in [3.8, 4) is 5.75 Å². The quantitative estimate of drug-likeness (QED) is 0.440. The number of aryl methyl sites for hydroxylation is 1. The third-order valence-corrected chi connectivity index (χ3v) is 9.60. The van der Waals surface area contributed by atoms with Crippen molar-refractivity contribution in [1.82, 2.24) is 9.62 Å². The number of hydrogen-bond donors (Lipinski definition) is 2. The molecule has 1 aliphatic heterocycles. The molecule has 0 unspecified atom stereocenters. The van der Waals surface area contributed by atoms with Crippen molar-refractivity contribution >= 4 is 33.0 Å². The molecule has 4 rings (SSSR count). The molecule has 1 fully saturated rings. The molecule has 0 atom stereocenters. The lowest BCUT2D eigenvalue weighted by atomic mass is 10.1. The van der Waals surface area contributed by atoms with E-state index in [1.54, 1.807) is 47.8 Å². The van der Waals surface area contributed by atoms with Gasteiger partial charge in [0.1, 0.15) is 9.96 Å². The van der Waals surface area contributed by atoms with Gasteiger partial charge in [0.2, 0.25) is 0 Å². The molecule has 1 amide bonds. The Balaban J connectivity index is 1.31. The molecule has 3 aromatic rings. The number of piperidine rings is 1. The Labute approximate surface area is 211 Å². The van der Waals surface area contributed by atoms with E-state index in [-0.39, 0.29) is 18.5 Å². The summed E-state index contributed by atoms with van der Waals surface area (Å²) in [5.41, 5.74) is 2.86. The molecule has 2 aromatic carbocycles. The van der Waals surface area contributed by atoms with Crippen molar-refractivity contribution in [2.75, 3.05) is 25.5 Å². The summed E-state index contributed by atoms with van der Waals surface area (Å²) in [5.74, 6) is 0.372. The van der Waals surface area contributed by atoms with Crippen LogP contribution in [0.3, 0.4) is 0 Å². The zero-order valence-electron chi connectivity index (χ0n) is 20.0. The number of nitrogens with zero attached hydrogens (tertiary/aromatic N) is 1. The van der Waals surface area contributed by atoms with Crippen molar-refractivity contribution in [3.05, 3.63) is 76.7 Å². The second kappa shape index (κ2) is 11.2. The normalized spacial score (nSPS) is 15.0. The van der Waals surface area contributed by atoms with Crippen LogP contribution in [0.2, 0.25) is 0 Å². The molecule has 0 saturated carbocycles. The lowest BCUT2D eigenvalue weighted by molar-refractivity contribution is 0.0951. The molecule has 7 nitrogen and oxygen atoms in total. The monoisotopic (exact) mass is 513 g/mol. The second-order valence-corrected chi connectivity index (χ2v) is 11.8. The van der Waals surface area contributed by atoms with Gasteiger partial charge in [-0.1, -0.05) is 25.1 Å². The van der Waals surface area contributed by atoms with E-state index < -0.39 is 10.0 Å². The Morgan fingerprint density at radius 3 is 2.60 bits per heavy atom. The van der Waals surface area contributed by atoms with Crippen molar-refractivity contribution < 1.29 is 17.9 Å². The first-order valence-corrected chi connectivity index (χ1v) is 14.0. The summed E-state index contributed by atoms with van der Waals surface area (Å²) in [4.78, 5) is 13.2. The number of methoxy groups -OCH3 is 1. The molecule has 0 bridgehead atoms. The molecule has 0 radical (unpaired) electrons. The molecule has 0 aliphatic carbocycles. The van der Waals surface area contributed by atoms with Crippen LogP contribution in [0.15, 0.2) is 64.9 Å². The third kappa shape index (κ3) is 6.22. The molecule has 35 heavy (non-hydrogen) atoms. The molecular weight excluding hydrogens is 482 g/mol. The highest BCUT2D eigenvalue weighted by molar-refractivity contribution is 7.91. The summed E-state index contributed by atoms with van der Waals surface area (Å²) in [6.45, 7) is 3.35. The van der Waals surface area contributed by atoms with E-state index in [1.807, 2.05) is 6.07 Å². The maximum atomic E-state index is 13.2. The van der Waals surface area contributed by atoms with Gasteiger partial charge < -0.3 is 15.4 Å². The molecular formula is C26H31N3O4S2. The number of amides is 1. The van der Waals surface area contributed by atoms with Crippen LogP contribution in [0.1, 0.15) is 40.6 Å². The molecule has 186 valence electrons. The van der Waals surface area contributed by atoms with Gasteiger partial charge in [-0.2, -0.15) is 4.31 Å². The Morgan fingerprint density at radius 1 is 1.09 bits per heavy atom. The highest BCUT2D eigenvalue weighted by Gasteiger charge is 2.30. The van der Waals surface area contributed by atoms with Crippen LogP contribution in [0.5, 0.6) is 5.75 Å². The Morgan fingerprint density at radius 2 is 1.86 bits per heavy atom. The molecule has 1 aromatic heterocycles. The zero-order chi connectivity index (χ0) is 24.8. The summed E-state index contributed by atoms with van der Waals surface area (Å²) >= 11 is 1.20. The molecule has 2 N–H and O–H groups in total. The predicted octanol–water partition coefficient (Wildman–Crippen LogP) is 4.51. The maximum Gasteiger partial charge on any atom is 0.252 e. The number of thiophene rings is 1. The van der Waals surface area contributed by atoms with Gasteiger partial charge >= 0.3 is 0 Å². The summed E-state index contributed by atoms with van der Waals surface area (Å²) in [7, 11) is -2.00. The van der Waals surface area contributed by atoms with Gasteiger partial charge in [0.25, 0.3) is 15.9 Å². The number of hydrogen-bond acceptors (Lipinski definition) is 6. The van der Waals surface area contributed by atoms with Crippen molar-refractivity contribution in [2.24, 2.45) is 0 Å². The van der Waals surface area contributed by atoms with E-state index in [9.17, 15) is 13.2 Å². The molecule has 2 heterocycles. The molecule has 0 spiro atoms. The topological polar surface area (TPSA) is 87.7 Å². The smallest absolute Gasteiger partial charge is 0.252 e. The Kier molecular flexibility index (Phi) is 8.10. The summed E-state index contributed by atoms with van der Waals surface area (Å²) < 4.78 is 33.4. The highest BCUT2D eigenvalue weighted by atomic mass is 32.2. The average molecular weight is 514 g/mol. The number of rotatable bonds is 9. The van der Waals surface area contributed by atoms with Gasteiger partial charge in [0.15, 0.2) is 0 Å². The minimum absolute atomic E-state index is 0.235. The van der Waals surface area contributed by atoms with Crippen LogP contribution in [-0.4, -0.2) is 44.9 Å². The molecule has 1 saturated heterocycles. The van der Waals surface area contributed by atoms with Crippen molar-refractivity contribution in [3.63, 3.8) is 0 Å². The van der Waals surface area contributed by atoms with E-state index in [0.29, 0.717) is 28.6 Å². The van der Waals surface area contributed by atoms with Gasteiger partial charge in [-0.15, -0.1) is 11.3 Å². The number of carbonyl (C=O) groups is 1. The fourth-order valence-electron chi connectivity index (χ4n) is 4.11. The number of sulfonamides is 1. The standard InChI is InChI=1S/C26H31N3O4S2/c1-3-19-6-4-8-22(16-19)28-21-12-14-29(15-13-21)35(31,32)25-11-10-24(34-25)18-27-26(30)20-7-5-9-23(17-20)33-2/h4-11,16-17,21,28H,3,12-15,18H2,1-2H3,(H,27,30). The van der Waals surface area contributed by atoms with Crippen LogP contribution in [0.25, 0.3) is 0 Å². The Bertz CT molecular complexity index is 1260. The first-order valence-electron chi connectivity index (χ1n) is 11.8. The second-order valence-electron chi connectivity index (χ2n) is 8.51. The van der Waals surface area contributed by atoms with Crippen LogP contribution in [0, 0.1) is 0 Å². The first kappa shape index (κ1) is 25.2. The van der Waals surface area contributed by atoms with Crippen LogP contribution < -0.4 is 15.4 Å². The van der Waals surface area contributed by atoms with Crippen molar-refractivity contribution in [1.29, 1.82) is 0 Å². The van der Waals surface area contributed by atoms with E-state index in [2.05, 4.69) is 35.8 Å². The van der Waals surface area contributed by atoms with E-state index in [4.69, 9.17) is 4.74 Å². The first-order chi connectivity index (χ1) is 16.9. The maximum absolute atomic E-state index is 13.2. The van der Waals surface area contributed by atoms with Gasteiger partial charge in [0.05, 0.1) is 13.7 Å². The number of ether oxygens (including phenoxy) is 1. The average Bonchev–Trinajstić information content (AvgIpc) is 3.38. The number of benzene rings is 2. The minimum atomic E-state index is -3.55. The van der Waals surface area contributed by atoms with Gasteiger partial charge in [-0.3, -0.25) is 4.79 Å². The number of carbonyl (C=O) groups excluding carboxylic acids is 1. The fraction of sp³-hybridized carbons (Fsp3) is 0.346. The van der Waals surface area contributed by atoms with Crippen LogP contribution in [0.4, 0.5) is 5.69 Å². The van der Waals surface area contributed by atoms with Gasteiger partial charge in [-0.05, 0) is 67.3 Å². The zero-order valence-corrected chi connectivity index (χ0v) is 21.6. The summed E-state index contributed by atoms with van der Waals surface area (Å²) in [5, 5.41) is 6.40. The lowest BCUT2D eigenvalue weighted by Gasteiger charge is -2.31. The fourth-order valence-corrected chi connectivity index (χ4v) is 7.03. The van der Waals surface area contributed by atoms with Crippen LogP contribution in [-0.2, 0) is 23.0 Å². The largest absolute Gasteiger partial charge is 0.497 e. The summed E-state index contributed by atoms with van der Waals surface area (Å²) in [6.07, 6.45) is 2.49. The lowest BCUT2D eigenvalue weighted by Crippen LogP contribution is -2.42. The van der Waals surface area contributed by atoms with Crippen molar-refractivity contribution in [2.45, 2.75) is 43.0 Å². The van der Waals surface area contributed by atoms with Crippen LogP contribution >= 0.6 is 11.3 Å². The Hall–Kier alpha value is -2.88. The number of anilines is 1. The van der Waals surface area contributed by atoms with E-state index in [1.165, 1.54) is 16.9 Å². The highest BCUT2D eigenvalue weighted by Crippen LogP contribution is 2.28. The number of nitrogens with one attached hydrogen (secondary N) is 2. The summed E-state index contributed by atoms with van der Waals surface area (Å²) in [6, 6.07) is 18.9.